The minimum Gasteiger partial charge on any atom is -0.378 e. The molecule has 3 aromatic heterocycles. The average Bonchev–Trinajstić information content (AvgIpc) is 3.21. The van der Waals surface area contributed by atoms with E-state index < -0.39 is 0 Å². The molecule has 1 aliphatic rings. The van der Waals surface area contributed by atoms with Crippen molar-refractivity contribution in [1.82, 2.24) is 29.5 Å². The molecule has 1 aliphatic heterocycles. The lowest BCUT2D eigenvalue weighted by atomic mass is 10.2. The Hall–Kier alpha value is -2.74. The number of aryl methyl sites for hydroxylation is 2. The molecular formula is C16H19N7O. The summed E-state index contributed by atoms with van der Waals surface area (Å²) < 4.78 is 8.93. The molecule has 8 nitrogen and oxygen atoms in total. The molecule has 0 bridgehead atoms. The number of hydrogen-bond acceptors (Lipinski definition) is 6. The lowest BCUT2D eigenvalue weighted by Crippen LogP contribution is -2.36. The Balaban J connectivity index is 1.66. The van der Waals surface area contributed by atoms with Gasteiger partial charge in [-0.15, -0.1) is 0 Å². The van der Waals surface area contributed by atoms with Crippen molar-refractivity contribution < 1.29 is 4.74 Å². The van der Waals surface area contributed by atoms with E-state index in [1.165, 1.54) is 0 Å². The summed E-state index contributed by atoms with van der Waals surface area (Å²) >= 11 is 0. The molecule has 1 fully saturated rings. The molecule has 0 aliphatic carbocycles. The van der Waals surface area contributed by atoms with Gasteiger partial charge in [-0.2, -0.15) is 10.2 Å². The van der Waals surface area contributed by atoms with Crippen LogP contribution in [0.15, 0.2) is 30.7 Å². The van der Waals surface area contributed by atoms with Crippen molar-refractivity contribution in [1.29, 1.82) is 0 Å². The Morgan fingerprint density at radius 1 is 1.12 bits per heavy atom. The van der Waals surface area contributed by atoms with Gasteiger partial charge < -0.3 is 9.64 Å². The van der Waals surface area contributed by atoms with Gasteiger partial charge in [0.15, 0.2) is 5.82 Å². The minimum absolute atomic E-state index is 0.714. The van der Waals surface area contributed by atoms with Crippen LogP contribution in [0.5, 0.6) is 0 Å². The van der Waals surface area contributed by atoms with Crippen LogP contribution in [-0.2, 0) is 11.8 Å². The lowest BCUT2D eigenvalue weighted by Gasteiger charge is -2.27. The third-order valence-corrected chi connectivity index (χ3v) is 3.99. The molecule has 3 aromatic rings. The van der Waals surface area contributed by atoms with Crippen LogP contribution < -0.4 is 4.90 Å². The molecule has 0 spiro atoms. The highest BCUT2D eigenvalue weighted by molar-refractivity contribution is 5.59. The zero-order valence-corrected chi connectivity index (χ0v) is 13.8. The number of aromatic nitrogens is 6. The Morgan fingerprint density at radius 3 is 2.62 bits per heavy atom. The highest BCUT2D eigenvalue weighted by atomic mass is 16.5. The highest BCUT2D eigenvalue weighted by Gasteiger charge is 2.16. The topological polar surface area (TPSA) is 73.9 Å². The standard InChI is InChI=1S/C16H19N7O/c1-12-19-16(23(20-12)14-10-18-21(2)11-14)13-3-4-15(17-9-13)22-5-7-24-8-6-22/h3-4,9-11H,5-8H2,1-2H3. The molecule has 24 heavy (non-hydrogen) atoms. The summed E-state index contributed by atoms with van der Waals surface area (Å²) in [6.45, 7) is 5.12. The third kappa shape index (κ3) is 2.76. The van der Waals surface area contributed by atoms with Gasteiger partial charge in [0.1, 0.15) is 17.3 Å². The van der Waals surface area contributed by atoms with E-state index in [9.17, 15) is 0 Å². The van der Waals surface area contributed by atoms with Crippen LogP contribution in [0.1, 0.15) is 5.82 Å². The molecule has 0 saturated carbocycles. The normalized spacial score (nSPS) is 15.0. The fraction of sp³-hybridized carbons (Fsp3) is 0.375. The van der Waals surface area contributed by atoms with Crippen molar-refractivity contribution in [3.05, 3.63) is 36.5 Å². The van der Waals surface area contributed by atoms with Gasteiger partial charge in [-0.3, -0.25) is 4.68 Å². The van der Waals surface area contributed by atoms with Gasteiger partial charge in [0.05, 0.1) is 25.6 Å². The fourth-order valence-electron chi connectivity index (χ4n) is 2.80. The Labute approximate surface area is 139 Å². The lowest BCUT2D eigenvalue weighted by molar-refractivity contribution is 0.122. The number of ether oxygens (including phenoxy) is 1. The fourth-order valence-corrected chi connectivity index (χ4v) is 2.80. The van der Waals surface area contributed by atoms with Crippen LogP contribution in [0.2, 0.25) is 0 Å². The monoisotopic (exact) mass is 325 g/mol. The summed E-state index contributed by atoms with van der Waals surface area (Å²) in [5.74, 6) is 2.44. The number of anilines is 1. The number of hydrogen-bond donors (Lipinski definition) is 0. The van der Waals surface area contributed by atoms with E-state index >= 15 is 0 Å². The molecular weight excluding hydrogens is 306 g/mol. The molecule has 1 saturated heterocycles. The number of nitrogens with zero attached hydrogens (tertiary/aromatic N) is 7. The van der Waals surface area contributed by atoms with Crippen molar-refractivity contribution in [2.45, 2.75) is 6.92 Å². The molecule has 0 amide bonds. The van der Waals surface area contributed by atoms with Gasteiger partial charge >= 0.3 is 0 Å². The van der Waals surface area contributed by atoms with E-state index in [2.05, 4.69) is 25.1 Å². The van der Waals surface area contributed by atoms with Crippen molar-refractivity contribution >= 4 is 5.82 Å². The summed E-state index contributed by atoms with van der Waals surface area (Å²) in [6, 6.07) is 4.06. The minimum atomic E-state index is 0.714. The molecule has 4 heterocycles. The van der Waals surface area contributed by atoms with Crippen LogP contribution in [-0.4, -0.2) is 55.8 Å². The van der Waals surface area contributed by atoms with Gasteiger partial charge in [-0.1, -0.05) is 0 Å². The van der Waals surface area contributed by atoms with Crippen molar-refractivity contribution in [2.75, 3.05) is 31.2 Å². The van der Waals surface area contributed by atoms with E-state index in [0.717, 1.165) is 49.2 Å². The maximum atomic E-state index is 5.38. The van der Waals surface area contributed by atoms with Gasteiger partial charge in [-0.25, -0.2) is 14.6 Å². The van der Waals surface area contributed by atoms with Gasteiger partial charge in [0.25, 0.3) is 0 Å². The van der Waals surface area contributed by atoms with E-state index in [1.807, 2.05) is 38.5 Å². The van der Waals surface area contributed by atoms with E-state index in [0.29, 0.717) is 5.82 Å². The SMILES string of the molecule is Cc1nc(-c2ccc(N3CCOCC3)nc2)n(-c2cnn(C)c2)n1. The maximum Gasteiger partial charge on any atom is 0.165 e. The predicted molar refractivity (Wildman–Crippen MR) is 89.1 cm³/mol. The first-order valence-electron chi connectivity index (χ1n) is 7.92. The van der Waals surface area contributed by atoms with E-state index in [-0.39, 0.29) is 0 Å². The summed E-state index contributed by atoms with van der Waals surface area (Å²) in [4.78, 5) is 11.4. The van der Waals surface area contributed by atoms with Crippen molar-refractivity contribution in [2.24, 2.45) is 7.05 Å². The van der Waals surface area contributed by atoms with Gasteiger partial charge in [0, 0.05) is 31.9 Å². The molecule has 0 aromatic carbocycles. The second kappa shape index (κ2) is 6.04. The zero-order chi connectivity index (χ0) is 16.5. The van der Waals surface area contributed by atoms with Crippen molar-refractivity contribution in [3.8, 4) is 17.1 Å². The third-order valence-electron chi connectivity index (χ3n) is 3.99. The Bertz CT molecular complexity index is 830. The first-order valence-corrected chi connectivity index (χ1v) is 7.92. The summed E-state index contributed by atoms with van der Waals surface area (Å²) in [7, 11) is 1.88. The zero-order valence-electron chi connectivity index (χ0n) is 13.8. The first kappa shape index (κ1) is 14.8. The van der Waals surface area contributed by atoms with Crippen LogP contribution in [0, 0.1) is 6.92 Å². The second-order valence-electron chi connectivity index (χ2n) is 5.77. The second-order valence-corrected chi connectivity index (χ2v) is 5.77. The molecule has 124 valence electrons. The smallest absolute Gasteiger partial charge is 0.165 e. The number of rotatable bonds is 3. The number of morpholine rings is 1. The Morgan fingerprint density at radius 2 is 1.96 bits per heavy atom. The quantitative estimate of drug-likeness (QED) is 0.720. The Kier molecular flexibility index (Phi) is 3.73. The van der Waals surface area contributed by atoms with Crippen LogP contribution in [0.3, 0.4) is 0 Å². The van der Waals surface area contributed by atoms with E-state index in [4.69, 9.17) is 4.74 Å². The molecule has 0 unspecified atom stereocenters. The van der Waals surface area contributed by atoms with Crippen LogP contribution >= 0.6 is 0 Å². The van der Waals surface area contributed by atoms with Crippen LogP contribution in [0.4, 0.5) is 5.82 Å². The molecule has 4 rings (SSSR count). The molecule has 0 N–H and O–H groups in total. The summed E-state index contributed by atoms with van der Waals surface area (Å²) in [6.07, 6.45) is 5.53. The first-order chi connectivity index (χ1) is 11.7. The largest absolute Gasteiger partial charge is 0.378 e. The van der Waals surface area contributed by atoms with E-state index in [1.54, 1.807) is 15.6 Å². The maximum absolute atomic E-state index is 5.38. The van der Waals surface area contributed by atoms with Gasteiger partial charge in [0.2, 0.25) is 0 Å². The average molecular weight is 325 g/mol. The predicted octanol–water partition coefficient (Wildman–Crippen LogP) is 1.21. The highest BCUT2D eigenvalue weighted by Crippen LogP contribution is 2.22. The number of pyridine rings is 1. The summed E-state index contributed by atoms with van der Waals surface area (Å²) in [5, 5.41) is 8.69. The molecule has 8 heteroatoms. The molecule has 0 radical (unpaired) electrons. The summed E-state index contributed by atoms with van der Waals surface area (Å²) in [5.41, 5.74) is 1.81. The van der Waals surface area contributed by atoms with Gasteiger partial charge in [-0.05, 0) is 19.1 Å². The van der Waals surface area contributed by atoms with Crippen LogP contribution in [0.25, 0.3) is 17.1 Å². The molecule has 0 atom stereocenters. The van der Waals surface area contributed by atoms with Crippen molar-refractivity contribution in [3.63, 3.8) is 0 Å².